The van der Waals surface area contributed by atoms with Gasteiger partial charge in [0, 0.05) is 25.1 Å². The van der Waals surface area contributed by atoms with Gasteiger partial charge in [-0.3, -0.25) is 19.2 Å². The molecule has 9 nitrogen and oxygen atoms in total. The van der Waals surface area contributed by atoms with Crippen molar-refractivity contribution in [3.63, 3.8) is 0 Å². The number of hydrogen-bond donors (Lipinski definition) is 1. The Morgan fingerprint density at radius 1 is 1.24 bits per heavy atom. The van der Waals surface area contributed by atoms with Gasteiger partial charge in [-0.15, -0.1) is 0 Å². The summed E-state index contributed by atoms with van der Waals surface area (Å²) in [4.78, 5) is 22.6. The molecule has 0 aliphatic carbocycles. The van der Waals surface area contributed by atoms with Gasteiger partial charge in [0.15, 0.2) is 0 Å². The van der Waals surface area contributed by atoms with E-state index >= 15 is 0 Å². The fourth-order valence-electron chi connectivity index (χ4n) is 2.76. The van der Waals surface area contributed by atoms with Crippen LogP contribution in [0.5, 0.6) is 5.75 Å². The van der Waals surface area contributed by atoms with E-state index in [4.69, 9.17) is 4.74 Å². The van der Waals surface area contributed by atoms with E-state index in [0.29, 0.717) is 11.4 Å². The maximum atomic E-state index is 12.3. The van der Waals surface area contributed by atoms with Crippen LogP contribution in [-0.2, 0) is 14.8 Å². The van der Waals surface area contributed by atoms with Crippen molar-refractivity contribution in [3.8, 4) is 5.75 Å². The average Bonchev–Trinajstić information content (AvgIpc) is 2.64. The molecular formula is C19H23N3O6S. The summed E-state index contributed by atoms with van der Waals surface area (Å²) in [5, 5.41) is 13.7. The van der Waals surface area contributed by atoms with Crippen molar-refractivity contribution in [1.82, 2.24) is 0 Å². The molecule has 0 aliphatic heterocycles. The topological polar surface area (TPSA) is 119 Å². The number of nitrogens with zero attached hydrogens (tertiary/aromatic N) is 2. The first-order valence-electron chi connectivity index (χ1n) is 8.78. The monoisotopic (exact) mass is 421 g/mol. The summed E-state index contributed by atoms with van der Waals surface area (Å²) in [7, 11) is -2.17. The molecule has 0 atom stereocenters. The maximum Gasteiger partial charge on any atom is 0.271 e. The Bertz CT molecular complexity index is 1010. The van der Waals surface area contributed by atoms with Crippen LogP contribution in [0.3, 0.4) is 0 Å². The number of methoxy groups -OCH3 is 1. The van der Waals surface area contributed by atoms with E-state index in [1.54, 1.807) is 12.1 Å². The highest BCUT2D eigenvalue weighted by atomic mass is 32.2. The number of rotatable bonds is 9. The lowest BCUT2D eigenvalue weighted by atomic mass is 10.2. The second kappa shape index (κ2) is 9.37. The minimum Gasteiger partial charge on any atom is -0.495 e. The molecule has 0 aliphatic rings. The number of ether oxygens (including phenoxy) is 1. The summed E-state index contributed by atoms with van der Waals surface area (Å²) < 4.78 is 30.6. The Hall–Kier alpha value is -3.14. The summed E-state index contributed by atoms with van der Waals surface area (Å²) in [6, 6.07) is 10.8. The summed E-state index contributed by atoms with van der Waals surface area (Å²) in [5.41, 5.74) is 1.47. The zero-order valence-electron chi connectivity index (χ0n) is 16.4. The molecule has 2 aromatic carbocycles. The van der Waals surface area contributed by atoms with Crippen molar-refractivity contribution in [1.29, 1.82) is 0 Å². The fraction of sp³-hybridized carbons (Fsp3) is 0.316. The molecule has 0 aromatic heterocycles. The largest absolute Gasteiger partial charge is 0.495 e. The van der Waals surface area contributed by atoms with Gasteiger partial charge in [-0.1, -0.05) is 12.1 Å². The van der Waals surface area contributed by atoms with Crippen LogP contribution in [0.2, 0.25) is 0 Å². The SMILES string of the molecule is COc1ccc(C)cc1NC(=O)CCCN(c1cccc([N+](=O)[O-])c1)S(C)(=O)=O. The number of carbonyl (C=O) groups excluding carboxylic acids is 1. The van der Waals surface area contributed by atoms with Crippen molar-refractivity contribution in [3.05, 3.63) is 58.1 Å². The van der Waals surface area contributed by atoms with Gasteiger partial charge in [-0.25, -0.2) is 8.42 Å². The third-order valence-electron chi connectivity index (χ3n) is 4.12. The lowest BCUT2D eigenvalue weighted by Gasteiger charge is -2.22. The first-order valence-corrected chi connectivity index (χ1v) is 10.6. The lowest BCUT2D eigenvalue weighted by Crippen LogP contribution is -2.31. The van der Waals surface area contributed by atoms with Crippen molar-refractivity contribution < 1.29 is 22.9 Å². The Labute approximate surface area is 169 Å². The highest BCUT2D eigenvalue weighted by Gasteiger charge is 2.20. The van der Waals surface area contributed by atoms with E-state index in [1.807, 2.05) is 13.0 Å². The third-order valence-corrected chi connectivity index (χ3v) is 5.32. The number of non-ortho nitro benzene ring substituents is 1. The van der Waals surface area contributed by atoms with Gasteiger partial charge in [-0.05, 0) is 37.1 Å². The second-order valence-corrected chi connectivity index (χ2v) is 8.37. The van der Waals surface area contributed by atoms with E-state index in [1.165, 1.54) is 31.4 Å². The molecule has 2 aromatic rings. The van der Waals surface area contributed by atoms with Gasteiger partial charge < -0.3 is 10.1 Å². The molecule has 0 saturated carbocycles. The molecule has 1 amide bonds. The van der Waals surface area contributed by atoms with Gasteiger partial charge >= 0.3 is 0 Å². The van der Waals surface area contributed by atoms with Crippen LogP contribution in [0.4, 0.5) is 17.1 Å². The van der Waals surface area contributed by atoms with Gasteiger partial charge in [0.05, 0.1) is 29.7 Å². The fourth-order valence-corrected chi connectivity index (χ4v) is 3.72. The first-order chi connectivity index (χ1) is 13.6. The van der Waals surface area contributed by atoms with Gasteiger partial charge in [-0.2, -0.15) is 0 Å². The Morgan fingerprint density at radius 2 is 1.97 bits per heavy atom. The molecule has 1 N–H and O–H groups in total. The number of aryl methyl sites for hydroxylation is 1. The predicted octanol–water partition coefficient (Wildman–Crippen LogP) is 3.10. The summed E-state index contributed by atoms with van der Waals surface area (Å²) >= 11 is 0. The molecular weight excluding hydrogens is 398 g/mol. The zero-order valence-corrected chi connectivity index (χ0v) is 17.2. The zero-order chi connectivity index (χ0) is 21.6. The van der Waals surface area contributed by atoms with Crippen molar-refractivity contribution in [2.24, 2.45) is 0 Å². The summed E-state index contributed by atoms with van der Waals surface area (Å²) in [5.74, 6) is 0.236. The predicted molar refractivity (Wildman–Crippen MR) is 111 cm³/mol. The minimum absolute atomic E-state index is 0.0123. The molecule has 0 unspecified atom stereocenters. The number of nitro groups is 1. The molecule has 0 radical (unpaired) electrons. The smallest absolute Gasteiger partial charge is 0.271 e. The van der Waals surface area contributed by atoms with Crippen LogP contribution in [0, 0.1) is 17.0 Å². The number of amides is 1. The van der Waals surface area contributed by atoms with E-state index < -0.39 is 14.9 Å². The number of benzene rings is 2. The normalized spacial score (nSPS) is 11.0. The Morgan fingerprint density at radius 3 is 2.59 bits per heavy atom. The Balaban J connectivity index is 2.06. The second-order valence-electron chi connectivity index (χ2n) is 6.47. The molecule has 29 heavy (non-hydrogen) atoms. The van der Waals surface area contributed by atoms with Crippen molar-refractivity contribution in [2.45, 2.75) is 19.8 Å². The summed E-state index contributed by atoms with van der Waals surface area (Å²) in [6.45, 7) is 1.90. The van der Waals surface area contributed by atoms with E-state index in [0.717, 1.165) is 16.1 Å². The standard InChI is InChI=1S/C19H23N3O6S/c1-14-9-10-18(28-2)17(12-14)20-19(23)8-5-11-21(29(3,26)27)15-6-4-7-16(13-15)22(24)25/h4,6-7,9-10,12-13H,5,8,11H2,1-3H3,(H,20,23). The van der Waals surface area contributed by atoms with E-state index in [-0.39, 0.29) is 36.7 Å². The van der Waals surface area contributed by atoms with Gasteiger partial charge in [0.2, 0.25) is 15.9 Å². The quantitative estimate of drug-likeness (QED) is 0.491. The molecule has 0 heterocycles. The average molecular weight is 421 g/mol. The van der Waals surface area contributed by atoms with Gasteiger partial charge in [0.25, 0.3) is 5.69 Å². The van der Waals surface area contributed by atoms with Crippen LogP contribution in [0.25, 0.3) is 0 Å². The number of carbonyl (C=O) groups is 1. The molecule has 0 saturated heterocycles. The molecule has 0 spiro atoms. The van der Waals surface area contributed by atoms with Crippen molar-refractivity contribution in [2.75, 3.05) is 29.5 Å². The Kier molecular flexibility index (Phi) is 7.16. The van der Waals surface area contributed by atoms with Crippen LogP contribution in [0.1, 0.15) is 18.4 Å². The lowest BCUT2D eigenvalue weighted by molar-refractivity contribution is -0.384. The van der Waals surface area contributed by atoms with Crippen LogP contribution in [-0.4, -0.2) is 39.2 Å². The van der Waals surface area contributed by atoms with Crippen LogP contribution in [0.15, 0.2) is 42.5 Å². The molecule has 156 valence electrons. The van der Waals surface area contributed by atoms with Crippen molar-refractivity contribution >= 4 is 33.0 Å². The molecule has 2 rings (SSSR count). The highest BCUT2D eigenvalue weighted by Crippen LogP contribution is 2.26. The van der Waals surface area contributed by atoms with E-state index in [9.17, 15) is 23.3 Å². The van der Waals surface area contributed by atoms with Gasteiger partial charge in [0.1, 0.15) is 5.75 Å². The van der Waals surface area contributed by atoms with E-state index in [2.05, 4.69) is 5.32 Å². The number of nitro benzene ring substituents is 1. The number of sulfonamides is 1. The highest BCUT2D eigenvalue weighted by molar-refractivity contribution is 7.92. The molecule has 0 bridgehead atoms. The van der Waals surface area contributed by atoms with Crippen LogP contribution < -0.4 is 14.4 Å². The summed E-state index contributed by atoms with van der Waals surface area (Å²) in [6.07, 6.45) is 1.32. The number of anilines is 2. The first kappa shape index (κ1) is 22.2. The maximum absolute atomic E-state index is 12.3. The molecule has 10 heteroatoms. The number of nitrogens with one attached hydrogen (secondary N) is 1. The minimum atomic E-state index is -3.67. The third kappa shape index (κ3) is 6.18. The van der Waals surface area contributed by atoms with Crippen LogP contribution >= 0.6 is 0 Å². The molecule has 0 fully saturated rings. The number of hydrogen-bond acceptors (Lipinski definition) is 6.